The van der Waals surface area contributed by atoms with Crippen LogP contribution in [0.25, 0.3) is 28.1 Å². The minimum absolute atomic E-state index is 0.0255. The Morgan fingerprint density at radius 2 is 1.75 bits per heavy atom. The monoisotopic (exact) mass is 489 g/mol. The van der Waals surface area contributed by atoms with Crippen LogP contribution in [0, 0.1) is 0 Å². The topological polar surface area (TPSA) is 64.3 Å². The lowest BCUT2D eigenvalue weighted by Gasteiger charge is -2.20. The van der Waals surface area contributed by atoms with Crippen LogP contribution in [-0.2, 0) is 0 Å². The minimum Gasteiger partial charge on any atom is -0.406 e. The number of nitrogens with one attached hydrogen (secondary N) is 1. The van der Waals surface area contributed by atoms with E-state index in [-0.39, 0.29) is 11.8 Å². The highest BCUT2D eigenvalue weighted by Gasteiger charge is 2.31. The van der Waals surface area contributed by atoms with Gasteiger partial charge >= 0.3 is 6.36 Å². The van der Waals surface area contributed by atoms with E-state index in [0.717, 1.165) is 33.5 Å². The number of benzene rings is 3. The lowest BCUT2D eigenvalue weighted by Crippen LogP contribution is -2.17. The second kappa shape index (κ2) is 9.33. The van der Waals surface area contributed by atoms with E-state index in [9.17, 15) is 13.2 Å². The second-order valence-electron chi connectivity index (χ2n) is 8.43. The Labute approximate surface area is 205 Å². The molecule has 182 valence electrons. The molecule has 2 heterocycles. The highest BCUT2D eigenvalue weighted by Crippen LogP contribution is 2.31. The first-order chi connectivity index (χ1) is 17.3. The normalized spacial score (nSPS) is 12.4. The van der Waals surface area contributed by atoms with Crippen molar-refractivity contribution in [2.75, 3.05) is 5.32 Å². The number of nitrogens with zero attached hydrogens (tertiary/aromatic N) is 4. The zero-order chi connectivity index (χ0) is 25.3. The molecule has 1 aliphatic heterocycles. The molecule has 0 spiro atoms. The van der Waals surface area contributed by atoms with Gasteiger partial charge in [-0.05, 0) is 74.5 Å². The van der Waals surface area contributed by atoms with E-state index in [1.807, 2.05) is 66.9 Å². The van der Waals surface area contributed by atoms with Gasteiger partial charge in [0.1, 0.15) is 5.75 Å². The van der Waals surface area contributed by atoms with Crippen LogP contribution in [0.1, 0.15) is 13.8 Å². The Bertz CT molecular complexity index is 1540. The summed E-state index contributed by atoms with van der Waals surface area (Å²) in [6.45, 7) is 3.98. The molecule has 1 aromatic heterocycles. The van der Waals surface area contributed by atoms with Crippen LogP contribution in [0.3, 0.4) is 0 Å². The number of halogens is 3. The van der Waals surface area contributed by atoms with Crippen LogP contribution in [0.5, 0.6) is 5.75 Å². The van der Waals surface area contributed by atoms with Crippen LogP contribution in [0.2, 0.25) is 0 Å². The summed E-state index contributed by atoms with van der Waals surface area (Å²) >= 11 is 0. The van der Waals surface area contributed by atoms with Gasteiger partial charge in [-0.25, -0.2) is 4.98 Å². The number of para-hydroxylation sites is 2. The number of rotatable bonds is 5. The predicted molar refractivity (Wildman–Crippen MR) is 133 cm³/mol. The van der Waals surface area contributed by atoms with E-state index in [2.05, 4.69) is 15.0 Å². The zero-order valence-electron chi connectivity index (χ0n) is 19.5. The van der Waals surface area contributed by atoms with E-state index >= 15 is 0 Å². The summed E-state index contributed by atoms with van der Waals surface area (Å²) in [6, 6.07) is 21.0. The lowest BCUT2D eigenvalue weighted by atomic mass is 10.1. The van der Waals surface area contributed by atoms with Gasteiger partial charge in [0, 0.05) is 17.9 Å². The van der Waals surface area contributed by atoms with E-state index in [0.29, 0.717) is 11.4 Å². The first-order valence-electron chi connectivity index (χ1n) is 11.3. The third-order valence-corrected chi connectivity index (χ3v) is 5.36. The summed E-state index contributed by atoms with van der Waals surface area (Å²) < 4.78 is 44.0. The van der Waals surface area contributed by atoms with Gasteiger partial charge < -0.3 is 14.6 Å². The Balaban J connectivity index is 1.74. The standard InChI is InChI=1S/C27H22F3N5O/c1-17(2)32-23-15-26-24(14-22(23)33-18-6-5-13-31-16-18)34-21-7-3-4-8-25(21)35(26)19-9-11-20(12-10-19)36-27(28,29)30/h3-17,33H,1-2H3/b32-23+. The predicted octanol–water partition coefficient (Wildman–Crippen LogP) is 6.48. The number of alkyl halides is 3. The molecule has 5 rings (SSSR count). The molecule has 0 saturated heterocycles. The fourth-order valence-corrected chi connectivity index (χ4v) is 3.99. The van der Waals surface area contributed by atoms with Gasteiger partial charge in [0.15, 0.2) is 0 Å². The van der Waals surface area contributed by atoms with Crippen LogP contribution in [0.15, 0.2) is 90.2 Å². The summed E-state index contributed by atoms with van der Waals surface area (Å²) in [5.41, 5.74) is 5.24. The maximum atomic E-state index is 12.7. The van der Waals surface area contributed by atoms with Crippen molar-refractivity contribution in [3.8, 4) is 22.8 Å². The van der Waals surface area contributed by atoms with Gasteiger partial charge in [-0.1, -0.05) is 12.1 Å². The van der Waals surface area contributed by atoms with Crippen LogP contribution in [-0.4, -0.2) is 26.9 Å². The smallest absolute Gasteiger partial charge is 0.406 e. The van der Waals surface area contributed by atoms with Gasteiger partial charge in [-0.15, -0.1) is 13.2 Å². The summed E-state index contributed by atoms with van der Waals surface area (Å²) in [5, 5.41) is 4.10. The second-order valence-corrected chi connectivity index (χ2v) is 8.43. The molecule has 1 aliphatic carbocycles. The van der Waals surface area contributed by atoms with Crippen LogP contribution >= 0.6 is 0 Å². The third-order valence-electron chi connectivity index (χ3n) is 5.36. The first-order valence-corrected chi connectivity index (χ1v) is 11.3. The molecule has 0 amide bonds. The van der Waals surface area contributed by atoms with Gasteiger partial charge in [-0.2, -0.15) is 0 Å². The van der Waals surface area contributed by atoms with Crippen LogP contribution in [0.4, 0.5) is 24.5 Å². The average molecular weight is 490 g/mol. The number of anilines is 2. The largest absolute Gasteiger partial charge is 0.573 e. The van der Waals surface area contributed by atoms with Crippen molar-refractivity contribution in [1.82, 2.24) is 14.5 Å². The molecule has 6 nitrogen and oxygen atoms in total. The Morgan fingerprint density at radius 3 is 2.44 bits per heavy atom. The minimum atomic E-state index is -4.75. The Kier molecular flexibility index (Phi) is 6.05. The molecule has 1 N–H and O–H groups in total. The van der Waals surface area contributed by atoms with Crippen molar-refractivity contribution in [3.63, 3.8) is 0 Å². The highest BCUT2D eigenvalue weighted by atomic mass is 19.4. The molecule has 2 aromatic carbocycles. The highest BCUT2D eigenvalue weighted by molar-refractivity contribution is 5.84. The van der Waals surface area contributed by atoms with Gasteiger partial charge in [-0.3, -0.25) is 9.98 Å². The first kappa shape index (κ1) is 23.3. The molecular weight excluding hydrogens is 467 g/mol. The fraction of sp³-hybridized carbons (Fsp3) is 0.148. The fourth-order valence-electron chi connectivity index (χ4n) is 3.99. The summed E-state index contributed by atoms with van der Waals surface area (Å²) in [5.74, 6) is -0.284. The molecule has 0 atom stereocenters. The molecule has 36 heavy (non-hydrogen) atoms. The maximum Gasteiger partial charge on any atom is 0.573 e. The van der Waals surface area contributed by atoms with Crippen molar-refractivity contribution in [2.24, 2.45) is 4.99 Å². The molecule has 0 radical (unpaired) electrons. The molecule has 3 aromatic rings. The zero-order valence-corrected chi connectivity index (χ0v) is 19.5. The summed E-state index contributed by atoms with van der Waals surface area (Å²) in [4.78, 5) is 13.8. The van der Waals surface area contributed by atoms with E-state index in [1.54, 1.807) is 24.5 Å². The Hall–Kier alpha value is -4.40. The number of fused-ring (bicyclic) bond motifs is 2. The quantitative estimate of drug-likeness (QED) is 0.287. The van der Waals surface area contributed by atoms with Gasteiger partial charge in [0.25, 0.3) is 0 Å². The average Bonchev–Trinajstić information content (AvgIpc) is 2.83. The van der Waals surface area contributed by atoms with Gasteiger partial charge in [0.2, 0.25) is 0 Å². The number of hydrogen-bond acceptors (Lipinski definition) is 5. The SMILES string of the molecule is CC(C)/N=c1\cc2n(-c3ccc(OC(F)(F)F)cc3)c3ccccc3nc-2cc1Nc1cccnc1. The molecule has 0 fully saturated rings. The van der Waals surface area contributed by atoms with Crippen molar-refractivity contribution >= 4 is 22.4 Å². The number of ether oxygens (including phenoxy) is 1. The van der Waals surface area contributed by atoms with E-state index in [4.69, 9.17) is 9.98 Å². The van der Waals surface area contributed by atoms with Gasteiger partial charge in [0.05, 0.1) is 45.4 Å². The number of aromatic nitrogens is 3. The lowest BCUT2D eigenvalue weighted by molar-refractivity contribution is -0.274. The van der Waals surface area contributed by atoms with Crippen LogP contribution < -0.4 is 15.4 Å². The molecule has 0 unspecified atom stereocenters. The van der Waals surface area contributed by atoms with Crippen molar-refractivity contribution in [1.29, 1.82) is 0 Å². The molecule has 2 aliphatic rings. The number of hydrogen-bond donors (Lipinski definition) is 1. The van der Waals surface area contributed by atoms with Crippen molar-refractivity contribution in [3.05, 3.63) is 90.5 Å². The number of pyridine rings is 1. The summed E-state index contributed by atoms with van der Waals surface area (Å²) in [6.07, 6.45) is -1.33. The maximum absolute atomic E-state index is 12.7. The van der Waals surface area contributed by atoms with E-state index < -0.39 is 6.36 Å². The van der Waals surface area contributed by atoms with Crippen molar-refractivity contribution in [2.45, 2.75) is 26.3 Å². The molecular formula is C27H22F3N5O. The molecule has 9 heteroatoms. The van der Waals surface area contributed by atoms with E-state index in [1.165, 1.54) is 12.1 Å². The third kappa shape index (κ3) is 5.00. The van der Waals surface area contributed by atoms with Crippen molar-refractivity contribution < 1.29 is 17.9 Å². The molecule has 0 bridgehead atoms. The summed E-state index contributed by atoms with van der Waals surface area (Å²) in [7, 11) is 0. The molecule has 0 saturated carbocycles. The Morgan fingerprint density at radius 1 is 0.972 bits per heavy atom.